The molecular weight excluding hydrogens is 405 g/mol. The summed E-state index contributed by atoms with van der Waals surface area (Å²) >= 11 is 0.747. The monoisotopic (exact) mass is 418 g/mol. The lowest BCUT2D eigenvalue weighted by Gasteiger charge is -2.10. The van der Waals surface area contributed by atoms with Gasteiger partial charge in [-0.2, -0.15) is 13.2 Å². The largest absolute Gasteiger partial charge is 0.463 e. The number of hydrogen-bond acceptors (Lipinski definition) is 6. The number of esters is 1. The number of nitrogens with zero attached hydrogens (tertiary/aromatic N) is 1. The van der Waals surface area contributed by atoms with Crippen LogP contribution in [0.3, 0.4) is 0 Å². The number of anilines is 1. The lowest BCUT2D eigenvalue weighted by atomic mass is 10.1. The van der Waals surface area contributed by atoms with E-state index < -0.39 is 17.7 Å². The average molecular weight is 418 g/mol. The van der Waals surface area contributed by atoms with Crippen LogP contribution in [0.4, 0.5) is 18.9 Å². The quantitative estimate of drug-likeness (QED) is 0.342. The number of pyridine rings is 1. The fraction of sp³-hybridized carbons (Fsp3) is 0.100. The zero-order valence-electron chi connectivity index (χ0n) is 14.9. The van der Waals surface area contributed by atoms with Crippen LogP contribution >= 0.6 is 11.3 Å². The van der Waals surface area contributed by atoms with Crippen molar-refractivity contribution in [1.82, 2.24) is 4.98 Å². The molecule has 0 aliphatic rings. The van der Waals surface area contributed by atoms with Crippen molar-refractivity contribution < 1.29 is 27.1 Å². The Hall–Kier alpha value is -3.33. The highest BCUT2D eigenvalue weighted by Crippen LogP contribution is 2.43. The molecule has 0 atom stereocenters. The van der Waals surface area contributed by atoms with Crippen LogP contribution in [0.15, 0.2) is 53.1 Å². The summed E-state index contributed by atoms with van der Waals surface area (Å²) in [7, 11) is 0. The number of hydrogen-bond donors (Lipinski definition) is 1. The summed E-state index contributed by atoms with van der Waals surface area (Å²) in [6, 6.07) is 10.7. The summed E-state index contributed by atoms with van der Waals surface area (Å²) in [5.74, 6) is -0.365. The van der Waals surface area contributed by atoms with Crippen molar-refractivity contribution in [3.8, 4) is 17.2 Å². The number of ether oxygens (including phenoxy) is 1. The Morgan fingerprint density at radius 1 is 1.21 bits per heavy atom. The first-order valence-electron chi connectivity index (χ1n) is 8.37. The van der Waals surface area contributed by atoms with Gasteiger partial charge in [-0.1, -0.05) is 18.2 Å². The molecule has 3 aromatic heterocycles. The maximum atomic E-state index is 13.7. The van der Waals surface area contributed by atoms with Crippen LogP contribution in [0.2, 0.25) is 0 Å². The van der Waals surface area contributed by atoms with Crippen molar-refractivity contribution in [2.45, 2.75) is 13.1 Å². The number of nitrogen functional groups attached to an aromatic ring is 1. The van der Waals surface area contributed by atoms with Gasteiger partial charge in [0.2, 0.25) is 0 Å². The van der Waals surface area contributed by atoms with E-state index >= 15 is 0 Å². The molecule has 29 heavy (non-hydrogen) atoms. The number of para-hydroxylation sites is 1. The molecule has 2 N–H and O–H groups in total. The van der Waals surface area contributed by atoms with Gasteiger partial charge in [0.05, 0.1) is 17.5 Å². The lowest BCUT2D eigenvalue weighted by molar-refractivity contribution is -0.136. The second-order valence-electron chi connectivity index (χ2n) is 6.21. The number of furan rings is 1. The van der Waals surface area contributed by atoms with Gasteiger partial charge in [-0.15, -0.1) is 11.3 Å². The standard InChI is InChI=1S/C20H13F3N2O3S/c1-10-5-2-3-6-13(10)28-19(26)17-16(24)15-11(20(21,22)23)9-12(25-18(15)29-17)14-7-4-8-27-14/h2-9H,24H2,1H3. The molecule has 5 nitrogen and oxygen atoms in total. The Morgan fingerprint density at radius 3 is 2.62 bits per heavy atom. The summed E-state index contributed by atoms with van der Waals surface area (Å²) in [5.41, 5.74) is 5.34. The molecule has 0 aliphatic carbocycles. The number of rotatable bonds is 3. The second kappa shape index (κ2) is 6.93. The molecule has 0 unspecified atom stereocenters. The molecule has 9 heteroatoms. The molecule has 0 radical (unpaired) electrons. The van der Waals surface area contributed by atoms with Crippen LogP contribution in [-0.4, -0.2) is 11.0 Å². The summed E-state index contributed by atoms with van der Waals surface area (Å²) in [6.07, 6.45) is -3.36. The van der Waals surface area contributed by atoms with Gasteiger partial charge in [0, 0.05) is 5.39 Å². The Bertz CT molecular complexity index is 1210. The van der Waals surface area contributed by atoms with Gasteiger partial charge >= 0.3 is 12.1 Å². The Labute approximate surface area is 166 Å². The van der Waals surface area contributed by atoms with E-state index in [4.69, 9.17) is 14.9 Å². The van der Waals surface area contributed by atoms with E-state index in [9.17, 15) is 18.0 Å². The minimum Gasteiger partial charge on any atom is -0.463 e. The second-order valence-corrected chi connectivity index (χ2v) is 7.21. The van der Waals surface area contributed by atoms with Gasteiger partial charge in [-0.05, 0) is 36.8 Å². The number of aryl methyl sites for hydroxylation is 1. The highest BCUT2D eigenvalue weighted by atomic mass is 32.1. The van der Waals surface area contributed by atoms with Crippen molar-refractivity contribution in [2.75, 3.05) is 5.73 Å². The van der Waals surface area contributed by atoms with E-state index in [1.54, 1.807) is 37.3 Å². The molecule has 4 rings (SSSR count). The number of aromatic nitrogens is 1. The van der Waals surface area contributed by atoms with Crippen LogP contribution in [0.5, 0.6) is 5.75 Å². The highest BCUT2D eigenvalue weighted by molar-refractivity contribution is 7.21. The normalized spacial score (nSPS) is 11.7. The number of fused-ring (bicyclic) bond motifs is 1. The minimum atomic E-state index is -4.70. The number of benzene rings is 1. The van der Waals surface area contributed by atoms with E-state index in [-0.39, 0.29) is 32.2 Å². The molecule has 3 heterocycles. The molecule has 0 spiro atoms. The zero-order chi connectivity index (χ0) is 20.8. The Morgan fingerprint density at radius 2 is 1.97 bits per heavy atom. The molecule has 0 saturated carbocycles. The third kappa shape index (κ3) is 3.44. The number of alkyl halides is 3. The molecule has 0 bridgehead atoms. The van der Waals surface area contributed by atoms with Gasteiger partial charge in [-0.25, -0.2) is 9.78 Å². The summed E-state index contributed by atoms with van der Waals surface area (Å²) in [4.78, 5) is 16.7. The van der Waals surface area contributed by atoms with Crippen molar-refractivity contribution in [3.63, 3.8) is 0 Å². The van der Waals surface area contributed by atoms with Crippen molar-refractivity contribution >= 4 is 33.2 Å². The highest BCUT2D eigenvalue weighted by Gasteiger charge is 2.36. The van der Waals surface area contributed by atoms with Gasteiger partial charge in [0.25, 0.3) is 0 Å². The van der Waals surface area contributed by atoms with Crippen LogP contribution in [-0.2, 0) is 6.18 Å². The SMILES string of the molecule is Cc1ccccc1OC(=O)c1sc2nc(-c3ccco3)cc(C(F)(F)F)c2c1N. The first-order valence-corrected chi connectivity index (χ1v) is 9.19. The molecule has 148 valence electrons. The van der Waals surface area contributed by atoms with Crippen LogP contribution in [0.25, 0.3) is 21.7 Å². The van der Waals surface area contributed by atoms with E-state index in [1.807, 2.05) is 0 Å². The average Bonchev–Trinajstić information content (AvgIpc) is 3.30. The van der Waals surface area contributed by atoms with E-state index in [0.29, 0.717) is 11.3 Å². The minimum absolute atomic E-state index is 0.00473. The summed E-state index contributed by atoms with van der Waals surface area (Å²) in [5, 5.41) is -0.325. The van der Waals surface area contributed by atoms with E-state index in [2.05, 4.69) is 4.98 Å². The lowest BCUT2D eigenvalue weighted by Crippen LogP contribution is -2.10. The summed E-state index contributed by atoms with van der Waals surface area (Å²) < 4.78 is 51.6. The Kier molecular flexibility index (Phi) is 4.54. The predicted octanol–water partition coefficient (Wildman–Crippen LogP) is 5.68. The maximum Gasteiger partial charge on any atom is 0.417 e. The fourth-order valence-corrected chi connectivity index (χ4v) is 3.86. The van der Waals surface area contributed by atoms with Crippen LogP contribution in [0, 0.1) is 6.92 Å². The smallest absolute Gasteiger partial charge is 0.417 e. The molecule has 0 amide bonds. The summed E-state index contributed by atoms with van der Waals surface area (Å²) in [6.45, 7) is 1.75. The number of halogens is 3. The molecule has 0 saturated heterocycles. The van der Waals surface area contributed by atoms with Gasteiger partial charge < -0.3 is 14.9 Å². The van der Waals surface area contributed by atoms with Crippen LogP contribution in [0.1, 0.15) is 20.8 Å². The number of carbonyl (C=O) groups is 1. The zero-order valence-corrected chi connectivity index (χ0v) is 15.7. The van der Waals surface area contributed by atoms with Gasteiger partial charge in [0.1, 0.15) is 21.2 Å². The van der Waals surface area contributed by atoms with Crippen molar-refractivity contribution in [1.29, 1.82) is 0 Å². The molecular formula is C20H13F3N2O3S. The maximum absolute atomic E-state index is 13.7. The van der Waals surface area contributed by atoms with Gasteiger partial charge in [-0.3, -0.25) is 0 Å². The van der Waals surface area contributed by atoms with E-state index in [1.165, 1.54) is 12.3 Å². The predicted molar refractivity (Wildman–Crippen MR) is 103 cm³/mol. The first kappa shape index (κ1) is 19.0. The van der Waals surface area contributed by atoms with Gasteiger partial charge in [0.15, 0.2) is 5.76 Å². The van der Waals surface area contributed by atoms with Crippen molar-refractivity contribution in [3.05, 3.63) is 64.7 Å². The fourth-order valence-electron chi connectivity index (χ4n) is 2.86. The van der Waals surface area contributed by atoms with Crippen LogP contribution < -0.4 is 10.5 Å². The number of thiophene rings is 1. The third-order valence-corrected chi connectivity index (χ3v) is 5.34. The molecule has 1 aromatic carbocycles. The number of carbonyl (C=O) groups excluding carboxylic acids is 1. The molecule has 4 aromatic rings. The first-order chi connectivity index (χ1) is 13.8. The molecule has 0 fully saturated rings. The third-order valence-electron chi connectivity index (χ3n) is 4.26. The van der Waals surface area contributed by atoms with Crippen molar-refractivity contribution in [2.24, 2.45) is 0 Å². The number of nitrogens with two attached hydrogens (primary N) is 1. The topological polar surface area (TPSA) is 78.3 Å². The Balaban J connectivity index is 1.86. The van der Waals surface area contributed by atoms with E-state index in [0.717, 1.165) is 17.4 Å². The molecule has 0 aliphatic heterocycles.